The van der Waals surface area contributed by atoms with Crippen molar-refractivity contribution in [2.45, 2.75) is 6.42 Å². The summed E-state index contributed by atoms with van der Waals surface area (Å²) in [4.78, 5) is 22.0. The fourth-order valence-corrected chi connectivity index (χ4v) is 1.46. The average Bonchev–Trinajstić information content (AvgIpc) is 2.91. The molecule has 0 fully saturated rings. The fourth-order valence-electron chi connectivity index (χ4n) is 1.46. The molecule has 10 nitrogen and oxygen atoms in total. The van der Waals surface area contributed by atoms with Gasteiger partial charge in [0.1, 0.15) is 6.33 Å². The molecule has 0 aliphatic heterocycles. The van der Waals surface area contributed by atoms with Crippen LogP contribution >= 0.6 is 0 Å². The number of rotatable bonds is 6. The Bertz CT molecular complexity index is 557. The lowest BCUT2D eigenvalue weighted by atomic mass is 10.3. The van der Waals surface area contributed by atoms with Gasteiger partial charge in [-0.1, -0.05) is 5.16 Å². The van der Waals surface area contributed by atoms with Crippen molar-refractivity contribution in [3.05, 3.63) is 28.7 Å². The predicted molar refractivity (Wildman–Crippen MR) is 64.7 cm³/mol. The molecule has 0 atom stereocenters. The highest BCUT2D eigenvalue weighted by molar-refractivity contribution is 5.68. The Morgan fingerprint density at radius 1 is 1.37 bits per heavy atom. The summed E-state index contributed by atoms with van der Waals surface area (Å²) in [6, 6.07) is 0. The number of hydrogen-bond acceptors (Lipinski definition) is 9. The molecule has 0 bridgehead atoms. The SMILES string of the molecule is CNc1ncnc(NCCc2ncon2)c1[N+](=O)[O-]. The van der Waals surface area contributed by atoms with Gasteiger partial charge in [0.2, 0.25) is 18.0 Å². The summed E-state index contributed by atoms with van der Waals surface area (Å²) in [5.41, 5.74) is -0.196. The normalized spacial score (nSPS) is 10.2. The Kier molecular flexibility index (Phi) is 3.81. The highest BCUT2D eigenvalue weighted by atomic mass is 16.6. The van der Waals surface area contributed by atoms with Crippen molar-refractivity contribution < 1.29 is 9.45 Å². The molecule has 0 radical (unpaired) electrons. The predicted octanol–water partition coefficient (Wildman–Crippen LogP) is 0.464. The second kappa shape index (κ2) is 5.71. The van der Waals surface area contributed by atoms with Crippen LogP contribution in [0.4, 0.5) is 17.3 Å². The number of hydrogen-bond donors (Lipinski definition) is 2. The molecule has 0 aliphatic carbocycles. The van der Waals surface area contributed by atoms with Crippen LogP contribution in [-0.2, 0) is 6.42 Å². The monoisotopic (exact) mass is 265 g/mol. The van der Waals surface area contributed by atoms with E-state index >= 15 is 0 Å². The van der Waals surface area contributed by atoms with Gasteiger partial charge < -0.3 is 15.2 Å². The second-order valence-electron chi connectivity index (χ2n) is 3.45. The third-order valence-electron chi connectivity index (χ3n) is 2.29. The molecule has 100 valence electrons. The van der Waals surface area contributed by atoms with E-state index in [1.54, 1.807) is 7.05 Å². The first kappa shape index (κ1) is 12.7. The van der Waals surface area contributed by atoms with Crippen molar-refractivity contribution in [3.63, 3.8) is 0 Å². The van der Waals surface area contributed by atoms with Crippen LogP contribution in [0.1, 0.15) is 5.82 Å². The molecule has 2 rings (SSSR count). The van der Waals surface area contributed by atoms with Crippen LogP contribution in [0.25, 0.3) is 0 Å². The van der Waals surface area contributed by atoms with Gasteiger partial charge in [0.15, 0.2) is 5.82 Å². The lowest BCUT2D eigenvalue weighted by molar-refractivity contribution is -0.383. The van der Waals surface area contributed by atoms with Gasteiger partial charge in [-0.25, -0.2) is 9.97 Å². The van der Waals surface area contributed by atoms with Crippen molar-refractivity contribution in [1.29, 1.82) is 0 Å². The Labute approximate surface area is 107 Å². The summed E-state index contributed by atoms with van der Waals surface area (Å²) >= 11 is 0. The summed E-state index contributed by atoms with van der Waals surface area (Å²) in [6.07, 6.45) is 2.93. The smallest absolute Gasteiger partial charge is 0.353 e. The summed E-state index contributed by atoms with van der Waals surface area (Å²) < 4.78 is 4.58. The highest BCUT2D eigenvalue weighted by Crippen LogP contribution is 2.28. The molecule has 2 aromatic rings. The molecule has 0 spiro atoms. The van der Waals surface area contributed by atoms with E-state index in [0.29, 0.717) is 18.8 Å². The molecule has 0 aliphatic rings. The maximum absolute atomic E-state index is 11.0. The minimum atomic E-state index is -0.539. The molecule has 0 unspecified atom stereocenters. The van der Waals surface area contributed by atoms with Gasteiger partial charge in [-0.15, -0.1) is 0 Å². The number of nitro groups is 1. The van der Waals surface area contributed by atoms with Crippen molar-refractivity contribution in [2.75, 3.05) is 24.2 Å². The fraction of sp³-hybridized carbons (Fsp3) is 0.333. The second-order valence-corrected chi connectivity index (χ2v) is 3.45. The summed E-state index contributed by atoms with van der Waals surface area (Å²) in [7, 11) is 1.55. The minimum Gasteiger partial charge on any atom is -0.367 e. The van der Waals surface area contributed by atoms with E-state index in [2.05, 4.69) is 35.3 Å². The van der Waals surface area contributed by atoms with Gasteiger partial charge in [-0.05, 0) is 0 Å². The van der Waals surface area contributed by atoms with Crippen molar-refractivity contribution in [3.8, 4) is 0 Å². The third-order valence-corrected chi connectivity index (χ3v) is 2.29. The van der Waals surface area contributed by atoms with E-state index < -0.39 is 4.92 Å². The zero-order chi connectivity index (χ0) is 13.7. The minimum absolute atomic E-state index is 0.146. The van der Waals surface area contributed by atoms with Crippen LogP contribution in [0, 0.1) is 10.1 Å². The van der Waals surface area contributed by atoms with Gasteiger partial charge in [0.05, 0.1) is 4.92 Å². The molecular formula is C9H11N7O3. The number of nitrogens with one attached hydrogen (secondary N) is 2. The molecule has 0 saturated carbocycles. The van der Waals surface area contributed by atoms with E-state index in [9.17, 15) is 10.1 Å². The van der Waals surface area contributed by atoms with E-state index in [-0.39, 0.29) is 17.3 Å². The Balaban J connectivity index is 2.09. The lowest BCUT2D eigenvalue weighted by Crippen LogP contribution is -2.11. The average molecular weight is 265 g/mol. The van der Waals surface area contributed by atoms with Gasteiger partial charge in [-0.3, -0.25) is 10.1 Å². The number of aromatic nitrogens is 4. The molecule has 10 heteroatoms. The molecule has 19 heavy (non-hydrogen) atoms. The Hall–Kier alpha value is -2.78. The van der Waals surface area contributed by atoms with E-state index in [4.69, 9.17) is 0 Å². The molecule has 0 amide bonds. The largest absolute Gasteiger partial charge is 0.367 e. The van der Waals surface area contributed by atoms with Crippen LogP contribution in [0.5, 0.6) is 0 Å². The first-order valence-electron chi connectivity index (χ1n) is 5.38. The maximum atomic E-state index is 11.0. The van der Waals surface area contributed by atoms with Crippen LogP contribution in [0.15, 0.2) is 17.2 Å². The number of nitrogens with zero attached hydrogens (tertiary/aromatic N) is 5. The van der Waals surface area contributed by atoms with E-state index in [0.717, 1.165) is 0 Å². The molecule has 2 N–H and O–H groups in total. The summed E-state index contributed by atoms with van der Waals surface area (Å²) in [6.45, 7) is 0.389. The van der Waals surface area contributed by atoms with Crippen LogP contribution in [0.2, 0.25) is 0 Å². The molecular weight excluding hydrogens is 254 g/mol. The Morgan fingerprint density at radius 3 is 2.79 bits per heavy atom. The highest BCUT2D eigenvalue weighted by Gasteiger charge is 2.21. The zero-order valence-corrected chi connectivity index (χ0v) is 10.0. The summed E-state index contributed by atoms with van der Waals surface area (Å²) in [5.74, 6) is 0.813. The van der Waals surface area contributed by atoms with Crippen LogP contribution in [0.3, 0.4) is 0 Å². The maximum Gasteiger partial charge on any atom is 0.353 e. The molecule has 0 aromatic carbocycles. The Morgan fingerprint density at radius 2 is 2.16 bits per heavy atom. The van der Waals surface area contributed by atoms with E-state index in [1.165, 1.54) is 12.7 Å². The van der Waals surface area contributed by atoms with Crippen molar-refractivity contribution in [1.82, 2.24) is 20.1 Å². The van der Waals surface area contributed by atoms with Crippen molar-refractivity contribution in [2.24, 2.45) is 0 Å². The first-order valence-corrected chi connectivity index (χ1v) is 5.38. The third kappa shape index (κ3) is 2.91. The molecule has 2 aromatic heterocycles. The van der Waals surface area contributed by atoms with E-state index in [1.807, 2.05) is 0 Å². The van der Waals surface area contributed by atoms with Gasteiger partial charge in [0, 0.05) is 20.0 Å². The van der Waals surface area contributed by atoms with Gasteiger partial charge in [-0.2, -0.15) is 4.98 Å². The standard InChI is InChI=1S/C9H11N7O3/c1-10-8-7(16(17)18)9(13-4-12-8)11-3-2-6-14-5-19-15-6/h4-5H,2-3H2,1H3,(H2,10,11,12,13). The molecule has 0 saturated heterocycles. The quantitative estimate of drug-likeness (QED) is 0.564. The first-order chi connectivity index (χ1) is 9.22. The molecule has 2 heterocycles. The van der Waals surface area contributed by atoms with Crippen LogP contribution < -0.4 is 10.6 Å². The lowest BCUT2D eigenvalue weighted by Gasteiger charge is -2.06. The van der Waals surface area contributed by atoms with Gasteiger partial charge in [0.25, 0.3) is 0 Å². The zero-order valence-electron chi connectivity index (χ0n) is 10.0. The summed E-state index contributed by atoms with van der Waals surface area (Å²) in [5, 5.41) is 20.1. The topological polar surface area (TPSA) is 132 Å². The van der Waals surface area contributed by atoms with Crippen molar-refractivity contribution >= 4 is 17.3 Å². The van der Waals surface area contributed by atoms with Gasteiger partial charge >= 0.3 is 5.69 Å². The van der Waals surface area contributed by atoms with Crippen LogP contribution in [-0.4, -0.2) is 38.6 Å². The number of anilines is 2.